The summed E-state index contributed by atoms with van der Waals surface area (Å²) in [5, 5.41) is 0. The van der Waals surface area contributed by atoms with Gasteiger partial charge in [0.25, 0.3) is 0 Å². The number of hydrogen-bond donors (Lipinski definition) is 0. The quantitative estimate of drug-likeness (QED) is 0.294. The predicted molar refractivity (Wildman–Crippen MR) is 83.3 cm³/mol. The maximum absolute atomic E-state index is 11.8. The molecule has 0 aromatic heterocycles. The number of benzene rings is 1. The fourth-order valence-electron chi connectivity index (χ4n) is 1.91. The molecule has 0 radical (unpaired) electrons. The number of ether oxygens (including phenoxy) is 1. The summed E-state index contributed by atoms with van der Waals surface area (Å²) < 4.78 is 5.39. The minimum absolute atomic E-state index is 0.195. The van der Waals surface area contributed by atoms with E-state index in [4.69, 9.17) is 4.74 Å². The Hall–Kier alpha value is -1.83. The Bertz CT molecular complexity index is 458. The van der Waals surface area contributed by atoms with Crippen molar-refractivity contribution in [3.05, 3.63) is 59.9 Å². The van der Waals surface area contributed by atoms with Crippen molar-refractivity contribution >= 4 is 5.97 Å². The van der Waals surface area contributed by atoms with Gasteiger partial charge in [-0.15, -0.1) is 6.58 Å². The average molecular weight is 272 g/mol. The zero-order valence-electron chi connectivity index (χ0n) is 12.5. The summed E-state index contributed by atoms with van der Waals surface area (Å²) in [4.78, 5) is 11.8. The van der Waals surface area contributed by atoms with E-state index in [0.29, 0.717) is 6.42 Å². The summed E-state index contributed by atoms with van der Waals surface area (Å²) in [7, 11) is 0. The van der Waals surface area contributed by atoms with Gasteiger partial charge in [0.15, 0.2) is 0 Å². The van der Waals surface area contributed by atoms with Gasteiger partial charge < -0.3 is 4.74 Å². The highest BCUT2D eigenvalue weighted by Crippen LogP contribution is 2.15. The SMILES string of the molecule is C=CCCCC/C(C)=C(\C)OC(=O)Cc1ccccc1. The lowest BCUT2D eigenvalue weighted by molar-refractivity contribution is -0.138. The van der Waals surface area contributed by atoms with Crippen molar-refractivity contribution in [2.45, 2.75) is 46.0 Å². The summed E-state index contributed by atoms with van der Waals surface area (Å²) in [6, 6.07) is 9.66. The molecule has 0 aliphatic rings. The smallest absolute Gasteiger partial charge is 0.315 e. The second kappa shape index (κ2) is 9.13. The van der Waals surface area contributed by atoms with Crippen LogP contribution in [0.15, 0.2) is 54.3 Å². The van der Waals surface area contributed by atoms with Gasteiger partial charge >= 0.3 is 5.97 Å². The Balaban J connectivity index is 2.41. The zero-order valence-corrected chi connectivity index (χ0v) is 12.5. The van der Waals surface area contributed by atoms with Crippen molar-refractivity contribution in [3.63, 3.8) is 0 Å². The number of hydrogen-bond acceptors (Lipinski definition) is 2. The van der Waals surface area contributed by atoms with E-state index in [2.05, 4.69) is 6.58 Å². The number of allylic oxidation sites excluding steroid dienone is 3. The molecule has 0 fully saturated rings. The molecule has 108 valence electrons. The van der Waals surface area contributed by atoms with E-state index in [0.717, 1.165) is 42.6 Å². The predicted octanol–water partition coefficient (Wildman–Crippen LogP) is 4.81. The minimum Gasteiger partial charge on any atom is -0.431 e. The summed E-state index contributed by atoms with van der Waals surface area (Å²) in [5.41, 5.74) is 2.13. The van der Waals surface area contributed by atoms with Crippen molar-refractivity contribution < 1.29 is 9.53 Å². The third-order valence-electron chi connectivity index (χ3n) is 3.27. The van der Waals surface area contributed by atoms with Crippen LogP contribution >= 0.6 is 0 Å². The molecule has 0 saturated carbocycles. The lowest BCUT2D eigenvalue weighted by atomic mass is 10.1. The number of carbonyl (C=O) groups is 1. The highest BCUT2D eigenvalue weighted by molar-refractivity contribution is 5.73. The van der Waals surface area contributed by atoms with Gasteiger partial charge in [-0.3, -0.25) is 4.79 Å². The number of esters is 1. The lowest BCUT2D eigenvalue weighted by Gasteiger charge is -2.09. The van der Waals surface area contributed by atoms with Crippen molar-refractivity contribution in [3.8, 4) is 0 Å². The van der Waals surface area contributed by atoms with Gasteiger partial charge in [-0.05, 0) is 50.7 Å². The molecule has 2 nitrogen and oxygen atoms in total. The van der Waals surface area contributed by atoms with Crippen molar-refractivity contribution in [1.29, 1.82) is 0 Å². The first-order valence-corrected chi connectivity index (χ1v) is 7.15. The molecule has 20 heavy (non-hydrogen) atoms. The molecular weight excluding hydrogens is 248 g/mol. The molecule has 0 unspecified atom stereocenters. The van der Waals surface area contributed by atoms with Crippen LogP contribution in [0, 0.1) is 0 Å². The Kier molecular flexibility index (Phi) is 7.41. The molecule has 0 N–H and O–H groups in total. The molecule has 0 bridgehead atoms. The van der Waals surface area contributed by atoms with Crippen LogP contribution in [0.25, 0.3) is 0 Å². The first-order valence-electron chi connectivity index (χ1n) is 7.15. The first-order chi connectivity index (χ1) is 9.63. The van der Waals surface area contributed by atoms with E-state index >= 15 is 0 Å². The fourth-order valence-corrected chi connectivity index (χ4v) is 1.91. The number of unbranched alkanes of at least 4 members (excludes halogenated alkanes) is 2. The molecule has 0 aliphatic heterocycles. The van der Waals surface area contributed by atoms with Crippen LogP contribution in [-0.2, 0) is 16.0 Å². The molecule has 2 heteroatoms. The monoisotopic (exact) mass is 272 g/mol. The van der Waals surface area contributed by atoms with E-state index in [1.54, 1.807) is 0 Å². The van der Waals surface area contributed by atoms with E-state index in [1.165, 1.54) is 0 Å². The molecule has 0 saturated heterocycles. The van der Waals surface area contributed by atoms with Gasteiger partial charge in [-0.2, -0.15) is 0 Å². The number of rotatable bonds is 8. The summed E-state index contributed by atoms with van der Waals surface area (Å²) in [5.74, 6) is 0.545. The van der Waals surface area contributed by atoms with Gasteiger partial charge in [0, 0.05) is 0 Å². The topological polar surface area (TPSA) is 26.3 Å². The standard InChI is InChI=1S/C18H24O2/c1-4-5-6-8-11-15(2)16(3)20-18(19)14-17-12-9-7-10-13-17/h4,7,9-10,12-13H,1,5-6,8,11,14H2,2-3H3/b16-15+. The molecule has 1 rings (SSSR count). The molecule has 1 aromatic carbocycles. The Morgan fingerprint density at radius 3 is 2.55 bits per heavy atom. The summed E-state index contributed by atoms with van der Waals surface area (Å²) >= 11 is 0. The lowest BCUT2D eigenvalue weighted by Crippen LogP contribution is -2.07. The van der Waals surface area contributed by atoms with E-state index < -0.39 is 0 Å². The normalized spacial score (nSPS) is 11.7. The molecule has 0 atom stereocenters. The van der Waals surface area contributed by atoms with Crippen LogP contribution < -0.4 is 0 Å². The summed E-state index contributed by atoms with van der Waals surface area (Å²) in [6.07, 6.45) is 6.50. The van der Waals surface area contributed by atoms with Crippen LogP contribution in [0.1, 0.15) is 45.1 Å². The number of carbonyl (C=O) groups excluding carboxylic acids is 1. The third kappa shape index (κ3) is 6.37. The highest BCUT2D eigenvalue weighted by Gasteiger charge is 2.07. The fraction of sp³-hybridized carbons (Fsp3) is 0.389. The molecular formula is C18H24O2. The van der Waals surface area contributed by atoms with Gasteiger partial charge in [0.1, 0.15) is 5.76 Å². The van der Waals surface area contributed by atoms with Crippen molar-refractivity contribution in [2.24, 2.45) is 0 Å². The minimum atomic E-state index is -0.195. The largest absolute Gasteiger partial charge is 0.431 e. The van der Waals surface area contributed by atoms with Crippen LogP contribution in [-0.4, -0.2) is 5.97 Å². The zero-order chi connectivity index (χ0) is 14.8. The summed E-state index contributed by atoms with van der Waals surface area (Å²) in [6.45, 7) is 7.60. The molecule has 0 spiro atoms. The van der Waals surface area contributed by atoms with Crippen LogP contribution in [0.3, 0.4) is 0 Å². The first kappa shape index (κ1) is 16.2. The molecule has 0 heterocycles. The van der Waals surface area contributed by atoms with Gasteiger partial charge in [-0.25, -0.2) is 0 Å². The van der Waals surface area contributed by atoms with Crippen LogP contribution in [0.4, 0.5) is 0 Å². The Morgan fingerprint density at radius 2 is 1.90 bits per heavy atom. The Labute approximate surface area is 122 Å². The van der Waals surface area contributed by atoms with E-state index in [-0.39, 0.29) is 5.97 Å². The second-order valence-corrected chi connectivity index (χ2v) is 5.01. The van der Waals surface area contributed by atoms with Gasteiger partial charge in [0.05, 0.1) is 6.42 Å². The van der Waals surface area contributed by atoms with Crippen molar-refractivity contribution in [2.75, 3.05) is 0 Å². The highest BCUT2D eigenvalue weighted by atomic mass is 16.5. The molecule has 1 aromatic rings. The van der Waals surface area contributed by atoms with Gasteiger partial charge in [-0.1, -0.05) is 36.4 Å². The second-order valence-electron chi connectivity index (χ2n) is 5.01. The third-order valence-corrected chi connectivity index (χ3v) is 3.27. The molecule has 0 amide bonds. The Morgan fingerprint density at radius 1 is 1.20 bits per heavy atom. The average Bonchev–Trinajstić information content (AvgIpc) is 2.44. The van der Waals surface area contributed by atoms with Crippen molar-refractivity contribution in [1.82, 2.24) is 0 Å². The maximum Gasteiger partial charge on any atom is 0.315 e. The van der Waals surface area contributed by atoms with E-state index in [9.17, 15) is 4.79 Å². The molecule has 0 aliphatic carbocycles. The van der Waals surface area contributed by atoms with Crippen LogP contribution in [0.2, 0.25) is 0 Å². The van der Waals surface area contributed by atoms with E-state index in [1.807, 2.05) is 50.3 Å². The van der Waals surface area contributed by atoms with Crippen LogP contribution in [0.5, 0.6) is 0 Å². The maximum atomic E-state index is 11.8. The van der Waals surface area contributed by atoms with Gasteiger partial charge in [0.2, 0.25) is 0 Å².